The van der Waals surface area contributed by atoms with Crippen LogP contribution in [-0.2, 0) is 11.3 Å². The van der Waals surface area contributed by atoms with Gasteiger partial charge in [0.2, 0.25) is 0 Å². The van der Waals surface area contributed by atoms with Crippen molar-refractivity contribution >= 4 is 5.69 Å². The number of ether oxygens (including phenoxy) is 1. The Kier molecular flexibility index (Phi) is 6.13. The maximum atomic E-state index is 10.2. The fourth-order valence-electron chi connectivity index (χ4n) is 3.15. The molecule has 1 atom stereocenters. The van der Waals surface area contributed by atoms with E-state index in [0.717, 1.165) is 31.9 Å². The van der Waals surface area contributed by atoms with Crippen molar-refractivity contribution in [3.63, 3.8) is 0 Å². The molecule has 5 nitrogen and oxygen atoms in total. The molecular formula is C20H28N2O3. The maximum Gasteiger partial charge on any atom is 0.129 e. The molecule has 0 bridgehead atoms. The van der Waals surface area contributed by atoms with Gasteiger partial charge in [-0.2, -0.15) is 0 Å². The molecule has 0 amide bonds. The number of piperazine rings is 1. The van der Waals surface area contributed by atoms with E-state index < -0.39 is 6.10 Å². The van der Waals surface area contributed by atoms with Gasteiger partial charge in [-0.15, -0.1) is 0 Å². The summed E-state index contributed by atoms with van der Waals surface area (Å²) in [5.74, 6) is 0.786. The molecule has 136 valence electrons. The zero-order valence-corrected chi connectivity index (χ0v) is 15.1. The molecule has 1 aromatic heterocycles. The van der Waals surface area contributed by atoms with Crippen LogP contribution in [0.5, 0.6) is 0 Å². The Balaban J connectivity index is 1.39. The number of anilines is 1. The molecule has 1 fully saturated rings. The lowest BCUT2D eigenvalue weighted by Crippen LogP contribution is -2.49. The molecule has 0 aliphatic carbocycles. The van der Waals surface area contributed by atoms with Gasteiger partial charge in [0.25, 0.3) is 0 Å². The third kappa shape index (κ3) is 5.08. The first-order valence-corrected chi connectivity index (χ1v) is 8.94. The number of aliphatic hydroxyl groups excluding tert-OH is 1. The van der Waals surface area contributed by atoms with Crippen LogP contribution in [-0.4, -0.2) is 55.4 Å². The number of nitrogens with zero attached hydrogens (tertiary/aromatic N) is 2. The molecule has 2 heterocycles. The largest absolute Gasteiger partial charge is 0.467 e. The van der Waals surface area contributed by atoms with Gasteiger partial charge in [-0.05, 0) is 49.2 Å². The number of benzene rings is 1. The first kappa shape index (κ1) is 18.0. The van der Waals surface area contributed by atoms with Gasteiger partial charge >= 0.3 is 0 Å². The summed E-state index contributed by atoms with van der Waals surface area (Å²) in [5, 5.41) is 10.2. The van der Waals surface area contributed by atoms with E-state index >= 15 is 0 Å². The Morgan fingerprint density at radius 2 is 1.92 bits per heavy atom. The zero-order valence-electron chi connectivity index (χ0n) is 15.1. The van der Waals surface area contributed by atoms with E-state index in [1.54, 1.807) is 6.26 Å². The number of hydrogen-bond acceptors (Lipinski definition) is 5. The zero-order chi connectivity index (χ0) is 17.6. The van der Waals surface area contributed by atoms with Gasteiger partial charge in [-0.1, -0.05) is 6.07 Å². The molecule has 5 heteroatoms. The summed E-state index contributed by atoms with van der Waals surface area (Å²) in [5.41, 5.74) is 3.97. The minimum absolute atomic E-state index is 0.331. The van der Waals surface area contributed by atoms with Gasteiger partial charge in [-0.3, -0.25) is 4.90 Å². The average Bonchev–Trinajstić information content (AvgIpc) is 3.11. The second kappa shape index (κ2) is 8.52. The van der Waals surface area contributed by atoms with Crippen molar-refractivity contribution in [1.82, 2.24) is 4.90 Å². The van der Waals surface area contributed by atoms with E-state index in [9.17, 15) is 5.11 Å². The minimum Gasteiger partial charge on any atom is -0.467 e. The van der Waals surface area contributed by atoms with Crippen LogP contribution in [0.4, 0.5) is 5.69 Å². The van der Waals surface area contributed by atoms with Crippen LogP contribution in [0.15, 0.2) is 41.0 Å². The molecule has 0 radical (unpaired) electrons. The van der Waals surface area contributed by atoms with Crippen LogP contribution in [0, 0.1) is 13.8 Å². The fraction of sp³-hybridized carbons (Fsp3) is 0.500. The predicted octanol–water partition coefficient (Wildman–Crippen LogP) is 2.60. The Morgan fingerprint density at radius 3 is 2.60 bits per heavy atom. The first-order valence-electron chi connectivity index (χ1n) is 8.94. The number of furan rings is 1. The van der Waals surface area contributed by atoms with E-state index in [2.05, 4.69) is 41.8 Å². The molecular weight excluding hydrogens is 316 g/mol. The standard InChI is InChI=1S/C20H28N2O3/c1-16-5-6-18(12-17(16)2)22-9-7-21(8-10-22)13-19(23)14-24-15-20-4-3-11-25-20/h3-6,11-12,19,23H,7-10,13-15H2,1-2H3. The third-order valence-corrected chi connectivity index (χ3v) is 4.83. The van der Waals surface area contributed by atoms with Crippen LogP contribution in [0.25, 0.3) is 0 Å². The molecule has 3 rings (SSSR count). The number of rotatable bonds is 7. The highest BCUT2D eigenvalue weighted by Gasteiger charge is 2.19. The van der Waals surface area contributed by atoms with Crippen LogP contribution in [0.3, 0.4) is 0 Å². The average molecular weight is 344 g/mol. The lowest BCUT2D eigenvalue weighted by Gasteiger charge is -2.37. The summed E-state index contributed by atoms with van der Waals surface area (Å²) < 4.78 is 10.7. The molecule has 1 unspecified atom stereocenters. The van der Waals surface area contributed by atoms with Crippen molar-refractivity contribution in [2.24, 2.45) is 0 Å². The van der Waals surface area contributed by atoms with Gasteiger partial charge in [0, 0.05) is 38.4 Å². The predicted molar refractivity (Wildman–Crippen MR) is 98.9 cm³/mol. The monoisotopic (exact) mass is 344 g/mol. The normalized spacial score (nSPS) is 17.0. The number of hydrogen-bond donors (Lipinski definition) is 1. The summed E-state index contributed by atoms with van der Waals surface area (Å²) in [6, 6.07) is 10.4. The smallest absolute Gasteiger partial charge is 0.129 e. The molecule has 2 aromatic rings. The Morgan fingerprint density at radius 1 is 1.12 bits per heavy atom. The van der Waals surface area contributed by atoms with Gasteiger partial charge in [-0.25, -0.2) is 0 Å². The summed E-state index contributed by atoms with van der Waals surface area (Å²) in [6.45, 7) is 9.59. The van der Waals surface area contributed by atoms with Crippen molar-refractivity contribution in [2.45, 2.75) is 26.6 Å². The van der Waals surface area contributed by atoms with Crippen molar-refractivity contribution in [1.29, 1.82) is 0 Å². The second-order valence-electron chi connectivity index (χ2n) is 6.80. The van der Waals surface area contributed by atoms with E-state index in [-0.39, 0.29) is 0 Å². The van der Waals surface area contributed by atoms with E-state index in [1.807, 2.05) is 12.1 Å². The summed E-state index contributed by atoms with van der Waals surface area (Å²) >= 11 is 0. The second-order valence-corrected chi connectivity index (χ2v) is 6.80. The molecule has 25 heavy (non-hydrogen) atoms. The van der Waals surface area contributed by atoms with Gasteiger partial charge in [0.05, 0.1) is 19.0 Å². The molecule has 1 aromatic carbocycles. The molecule has 1 saturated heterocycles. The highest BCUT2D eigenvalue weighted by Crippen LogP contribution is 2.20. The molecule has 1 aliphatic heterocycles. The maximum absolute atomic E-state index is 10.2. The fourth-order valence-corrected chi connectivity index (χ4v) is 3.15. The lowest BCUT2D eigenvalue weighted by molar-refractivity contribution is 0.00442. The summed E-state index contributed by atoms with van der Waals surface area (Å²) in [7, 11) is 0. The van der Waals surface area contributed by atoms with Gasteiger partial charge in [0.1, 0.15) is 12.4 Å². The van der Waals surface area contributed by atoms with Crippen LogP contribution < -0.4 is 4.90 Å². The molecule has 0 saturated carbocycles. The van der Waals surface area contributed by atoms with Crippen LogP contribution in [0.1, 0.15) is 16.9 Å². The van der Waals surface area contributed by atoms with E-state index in [0.29, 0.717) is 19.8 Å². The molecule has 1 aliphatic rings. The quantitative estimate of drug-likeness (QED) is 0.837. The first-order chi connectivity index (χ1) is 12.1. The number of aryl methyl sites for hydroxylation is 2. The number of aliphatic hydroxyl groups is 1. The summed E-state index contributed by atoms with van der Waals surface area (Å²) in [6.07, 6.45) is 1.16. The van der Waals surface area contributed by atoms with Crippen molar-refractivity contribution < 1.29 is 14.3 Å². The third-order valence-electron chi connectivity index (χ3n) is 4.83. The highest BCUT2D eigenvalue weighted by molar-refractivity contribution is 5.51. The van der Waals surface area contributed by atoms with Crippen LogP contribution in [0.2, 0.25) is 0 Å². The highest BCUT2D eigenvalue weighted by atomic mass is 16.5. The van der Waals surface area contributed by atoms with Crippen molar-refractivity contribution in [3.8, 4) is 0 Å². The SMILES string of the molecule is Cc1ccc(N2CCN(CC(O)COCc3ccco3)CC2)cc1C. The van der Waals surface area contributed by atoms with E-state index in [1.165, 1.54) is 16.8 Å². The van der Waals surface area contributed by atoms with Crippen LogP contribution >= 0.6 is 0 Å². The Labute approximate surface area is 149 Å². The van der Waals surface area contributed by atoms with Crippen molar-refractivity contribution in [2.75, 3.05) is 44.2 Å². The minimum atomic E-state index is -0.469. The lowest BCUT2D eigenvalue weighted by atomic mass is 10.1. The van der Waals surface area contributed by atoms with E-state index in [4.69, 9.17) is 9.15 Å². The van der Waals surface area contributed by atoms with Gasteiger partial charge in [0.15, 0.2) is 0 Å². The number of β-amino-alcohol motifs (C(OH)–C–C–N with tert-alkyl or cyclic N) is 1. The topological polar surface area (TPSA) is 49.1 Å². The van der Waals surface area contributed by atoms with Gasteiger partial charge < -0.3 is 19.2 Å². The Hall–Kier alpha value is -1.82. The summed E-state index contributed by atoms with van der Waals surface area (Å²) in [4.78, 5) is 4.72. The molecule has 1 N–H and O–H groups in total. The Bertz CT molecular complexity index is 649. The van der Waals surface area contributed by atoms with Crippen molar-refractivity contribution in [3.05, 3.63) is 53.5 Å². The molecule has 0 spiro atoms.